The zero-order chi connectivity index (χ0) is 17.7. The second kappa shape index (κ2) is 7.87. The van der Waals surface area contributed by atoms with E-state index in [4.69, 9.17) is 5.39 Å². The number of azo groups is 1. The van der Waals surface area contributed by atoms with Crippen LogP contribution >= 0.6 is 31.9 Å². The number of nitrogens with zero attached hydrogens (tertiary/aromatic N) is 4. The molecule has 0 unspecified atom stereocenters. The van der Waals surface area contributed by atoms with E-state index in [-0.39, 0.29) is 11.4 Å². The Morgan fingerprint density at radius 3 is 1.95 bits per heavy atom. The van der Waals surface area contributed by atoms with Crippen molar-refractivity contribution in [3.8, 4) is 0 Å². The van der Waals surface area contributed by atoms with Gasteiger partial charge in [-0.25, -0.2) is 0 Å². The molecule has 0 saturated heterocycles. The van der Waals surface area contributed by atoms with Crippen LogP contribution in [0.3, 0.4) is 0 Å². The van der Waals surface area contributed by atoms with Crippen molar-refractivity contribution in [2.75, 3.05) is 0 Å². The Hall–Kier alpha value is -1.22. The first-order chi connectivity index (χ1) is 9.74. The van der Waals surface area contributed by atoms with E-state index in [0.717, 1.165) is 0 Å². The van der Waals surface area contributed by atoms with Crippen LogP contribution in [-0.4, -0.2) is 17.7 Å². The van der Waals surface area contributed by atoms with Gasteiger partial charge in [0, 0.05) is 15.0 Å². The fraction of sp³-hybridized carbons (Fsp3) is 0.400. The summed E-state index contributed by atoms with van der Waals surface area (Å²) in [5, 5.41) is 24.6. The molecule has 0 heterocycles. The molecule has 5 nitrogen and oxygen atoms in total. The van der Waals surface area contributed by atoms with Crippen LogP contribution in [0.5, 0.6) is 0 Å². The third kappa shape index (κ3) is 8.94. The van der Waals surface area contributed by atoms with Gasteiger partial charge in [-0.1, -0.05) is 0 Å². The summed E-state index contributed by atoms with van der Waals surface area (Å²) in [6.45, 7) is 5.42. The molecule has 0 amide bonds. The first kappa shape index (κ1) is 20.8. The molecule has 0 bridgehead atoms. The molecule has 12 heteroatoms. The summed E-state index contributed by atoms with van der Waals surface area (Å²) in [5.41, 5.74) is -0.172. The van der Waals surface area contributed by atoms with Gasteiger partial charge in [-0.2, -0.15) is 0 Å². The topological polar surface area (TPSA) is 66.6 Å². The lowest BCUT2D eigenvalue weighted by molar-refractivity contribution is -0.448. The van der Waals surface area contributed by atoms with E-state index in [1.165, 1.54) is 6.07 Å². The lowest BCUT2D eigenvalue weighted by Gasteiger charge is -2.08. The molecule has 0 spiro atoms. The lowest BCUT2D eigenvalue weighted by atomic mass is 10.1. The highest BCUT2D eigenvalue weighted by Gasteiger charge is 2.27. The monoisotopic (exact) mass is 448 g/mol. The molecule has 1 aromatic rings. The summed E-state index contributed by atoms with van der Waals surface area (Å²) in [4.78, 5) is 3.54. The van der Waals surface area contributed by atoms with Gasteiger partial charge in [0.05, 0.1) is 6.07 Å². The van der Waals surface area contributed by atoms with Crippen LogP contribution in [0.4, 0.5) is 28.6 Å². The van der Waals surface area contributed by atoms with Crippen molar-refractivity contribution in [1.82, 2.24) is 0 Å². The van der Waals surface area contributed by atoms with Crippen molar-refractivity contribution in [2.24, 2.45) is 5.11 Å². The molecular weight excluding hydrogens is 439 g/mol. The van der Waals surface area contributed by atoms with Crippen LogP contribution in [0, 0.1) is 10.6 Å². The molecule has 0 saturated carbocycles. The van der Waals surface area contributed by atoms with Gasteiger partial charge in [-0.05, 0) is 62.6 Å². The number of hydrogen-bond donors (Lipinski definition) is 0. The SMILES string of the molecule is CC(C)(C)N=[N+]([O-])c1cc(Br)c(Br)cc1[N+]#N.F[B-](F)(F)F. The zero-order valence-corrected chi connectivity index (χ0v) is 14.9. The third-order valence-corrected chi connectivity index (χ3v) is 3.57. The molecule has 0 aromatic heterocycles. The fourth-order valence-corrected chi connectivity index (χ4v) is 1.75. The van der Waals surface area contributed by atoms with Crippen molar-refractivity contribution in [3.63, 3.8) is 0 Å². The number of benzene rings is 1. The molecule has 1 aromatic carbocycles. The average molecular weight is 450 g/mol. The molecule has 1 rings (SSSR count). The van der Waals surface area contributed by atoms with Gasteiger partial charge < -0.3 is 22.5 Å². The molecule has 0 aliphatic carbocycles. The van der Waals surface area contributed by atoms with Crippen LogP contribution in [-0.2, 0) is 0 Å². The predicted molar refractivity (Wildman–Crippen MR) is 82.2 cm³/mol. The van der Waals surface area contributed by atoms with Crippen molar-refractivity contribution in [1.29, 1.82) is 5.39 Å². The molecule has 0 aliphatic rings. The van der Waals surface area contributed by atoms with Gasteiger partial charge in [0.2, 0.25) is 5.39 Å². The van der Waals surface area contributed by atoms with E-state index < -0.39 is 12.8 Å². The molecule has 0 aliphatic heterocycles. The second-order valence-electron chi connectivity index (χ2n) is 4.89. The van der Waals surface area contributed by atoms with Crippen molar-refractivity contribution >= 4 is 50.5 Å². The van der Waals surface area contributed by atoms with Crippen molar-refractivity contribution < 1.29 is 22.1 Å². The highest BCUT2D eigenvalue weighted by Crippen LogP contribution is 2.36. The predicted octanol–water partition coefficient (Wildman–Crippen LogP) is 6.39. The molecule has 0 radical (unpaired) electrons. The average Bonchev–Trinajstić information content (AvgIpc) is 2.27. The number of rotatable bonds is 1. The molecule has 0 fully saturated rings. The van der Waals surface area contributed by atoms with Crippen LogP contribution in [0.2, 0.25) is 0 Å². The molecule has 22 heavy (non-hydrogen) atoms. The van der Waals surface area contributed by atoms with Crippen molar-refractivity contribution in [2.45, 2.75) is 26.3 Å². The lowest BCUT2D eigenvalue weighted by Crippen LogP contribution is -2.12. The Balaban J connectivity index is 0.000000763. The maximum absolute atomic E-state index is 11.8. The summed E-state index contributed by atoms with van der Waals surface area (Å²) in [7, 11) is -6.00. The van der Waals surface area contributed by atoms with Crippen LogP contribution in [0.25, 0.3) is 4.98 Å². The molecular formula is C10H11BBr2F4N4O. The number of halogens is 6. The smallest absolute Gasteiger partial charge is 0.594 e. The summed E-state index contributed by atoms with van der Waals surface area (Å²) >= 11 is 6.54. The Kier molecular flexibility index (Phi) is 7.44. The van der Waals surface area contributed by atoms with Crippen molar-refractivity contribution in [3.05, 3.63) is 31.3 Å². The minimum atomic E-state index is -6.00. The Morgan fingerprint density at radius 1 is 1.18 bits per heavy atom. The standard InChI is InChI=1S/C10H11Br2N4O.BF4/c1-10(2,3)15-16(17)9-5-7(12)6(11)4-8(9)14-13;2-1(3,4)5/h4-5H,1-3H3;/q+1;-1. The highest BCUT2D eigenvalue weighted by molar-refractivity contribution is 9.13. The fourth-order valence-electron chi connectivity index (χ4n) is 1.09. The largest absolute Gasteiger partial charge is 0.673 e. The Morgan fingerprint density at radius 2 is 1.59 bits per heavy atom. The van der Waals surface area contributed by atoms with Gasteiger partial charge in [0.15, 0.2) is 4.98 Å². The quantitative estimate of drug-likeness (QED) is 0.124. The first-order valence-corrected chi connectivity index (χ1v) is 7.24. The number of hydrogen-bond acceptors (Lipinski definition) is 3. The highest BCUT2D eigenvalue weighted by atomic mass is 79.9. The van der Waals surface area contributed by atoms with E-state index in [0.29, 0.717) is 13.8 Å². The Labute approximate surface area is 141 Å². The van der Waals surface area contributed by atoms with Crippen LogP contribution < -0.4 is 0 Å². The van der Waals surface area contributed by atoms with Gasteiger partial charge >= 0.3 is 18.6 Å². The third-order valence-electron chi connectivity index (χ3n) is 1.72. The van der Waals surface area contributed by atoms with Crippen LogP contribution in [0.1, 0.15) is 20.8 Å². The second-order valence-corrected chi connectivity index (χ2v) is 6.60. The van der Waals surface area contributed by atoms with Gasteiger partial charge in [-0.3, -0.25) is 0 Å². The van der Waals surface area contributed by atoms with Gasteiger partial charge in [0.25, 0.3) is 0 Å². The maximum Gasteiger partial charge on any atom is 0.673 e. The molecule has 0 N–H and O–H groups in total. The van der Waals surface area contributed by atoms with Crippen LogP contribution in [0.15, 0.2) is 26.2 Å². The minimum absolute atomic E-state index is 0.156. The van der Waals surface area contributed by atoms with Gasteiger partial charge in [0.1, 0.15) is 5.54 Å². The molecule has 122 valence electrons. The summed E-state index contributed by atoms with van der Waals surface area (Å²) in [6, 6.07) is 3.07. The van der Waals surface area contributed by atoms with E-state index in [1.807, 2.05) is 20.8 Å². The van der Waals surface area contributed by atoms with Gasteiger partial charge in [-0.15, -0.1) is 0 Å². The minimum Gasteiger partial charge on any atom is -0.594 e. The summed E-state index contributed by atoms with van der Waals surface area (Å²) in [6.07, 6.45) is 0. The first-order valence-electron chi connectivity index (χ1n) is 5.66. The zero-order valence-electron chi connectivity index (χ0n) is 11.7. The number of diazo groups is 1. The normalized spacial score (nSPS) is 12.3. The Bertz CT molecular complexity index is 605. The van der Waals surface area contributed by atoms with E-state index >= 15 is 0 Å². The van der Waals surface area contributed by atoms with E-state index in [9.17, 15) is 22.5 Å². The summed E-state index contributed by atoms with van der Waals surface area (Å²) < 4.78 is 40.4. The van der Waals surface area contributed by atoms with E-state index in [2.05, 4.69) is 42.0 Å². The molecule has 0 atom stereocenters. The summed E-state index contributed by atoms with van der Waals surface area (Å²) in [5.74, 6) is 0. The van der Waals surface area contributed by atoms with E-state index in [1.54, 1.807) is 6.07 Å². The maximum atomic E-state index is 11.8.